The number of fused-ring (bicyclic) bond motifs is 3. The van der Waals surface area contributed by atoms with Gasteiger partial charge < -0.3 is 14.2 Å². The summed E-state index contributed by atoms with van der Waals surface area (Å²) in [5.41, 5.74) is 7.19. The van der Waals surface area contributed by atoms with Crippen molar-refractivity contribution < 1.29 is 13.8 Å². The molecule has 0 radical (unpaired) electrons. The Bertz CT molecular complexity index is 1660. The summed E-state index contributed by atoms with van der Waals surface area (Å²) in [7, 11) is 1.67. The normalized spacial score (nSPS) is 11.5. The van der Waals surface area contributed by atoms with Crippen LogP contribution in [0.1, 0.15) is 17.3 Å². The summed E-state index contributed by atoms with van der Waals surface area (Å²) in [5, 5.41) is 6.03. The van der Waals surface area contributed by atoms with Crippen molar-refractivity contribution in [3.63, 3.8) is 0 Å². The molecule has 8 heteroatoms. The number of methoxy groups -OCH3 is 1. The Hall–Kier alpha value is -4.46. The van der Waals surface area contributed by atoms with Gasteiger partial charge in [-0.1, -0.05) is 23.4 Å². The van der Waals surface area contributed by atoms with Crippen molar-refractivity contribution >= 4 is 21.9 Å². The highest BCUT2D eigenvalue weighted by Gasteiger charge is 2.23. The van der Waals surface area contributed by atoms with Crippen molar-refractivity contribution in [1.82, 2.24) is 25.1 Å². The van der Waals surface area contributed by atoms with Crippen molar-refractivity contribution in [3.8, 4) is 34.0 Å². The zero-order chi connectivity index (χ0) is 23.4. The van der Waals surface area contributed by atoms with Crippen LogP contribution in [-0.4, -0.2) is 32.2 Å². The fraction of sp³-hybridized carbons (Fsp3) is 0.154. The van der Waals surface area contributed by atoms with Crippen molar-refractivity contribution in [3.05, 3.63) is 72.3 Å². The number of hydrogen-bond acceptors (Lipinski definition) is 5. The second-order valence-corrected chi connectivity index (χ2v) is 8.32. The maximum absolute atomic E-state index is 5.80. The molecule has 0 aliphatic carbocycles. The van der Waals surface area contributed by atoms with Crippen LogP contribution in [-0.2, 0) is 0 Å². The predicted molar refractivity (Wildman–Crippen MR) is 129 cm³/mol. The van der Waals surface area contributed by atoms with Gasteiger partial charge in [0.25, 0.3) is 0 Å². The molecule has 6 aromatic rings. The molecule has 0 bridgehead atoms. The molecule has 0 aliphatic rings. The maximum atomic E-state index is 5.80. The number of aromatic nitrogens is 6. The molecule has 168 valence electrons. The van der Waals surface area contributed by atoms with Gasteiger partial charge in [-0.25, -0.2) is 19.5 Å². The van der Waals surface area contributed by atoms with Crippen molar-refractivity contribution in [2.45, 2.75) is 20.8 Å². The number of imidazole rings is 1. The van der Waals surface area contributed by atoms with E-state index in [1.54, 1.807) is 7.11 Å². The first kappa shape index (κ1) is 20.2. The van der Waals surface area contributed by atoms with Gasteiger partial charge >= 0.3 is 0 Å². The highest BCUT2D eigenvalue weighted by atomic mass is 16.5. The fourth-order valence-corrected chi connectivity index (χ4v) is 4.59. The second kappa shape index (κ2) is 7.55. The molecule has 0 fully saturated rings. The fourth-order valence-electron chi connectivity index (χ4n) is 4.59. The molecule has 0 unspecified atom stereocenters. The molecule has 0 aliphatic heterocycles. The number of rotatable bonds is 4. The van der Waals surface area contributed by atoms with Gasteiger partial charge in [-0.05, 0) is 45.0 Å². The summed E-state index contributed by atoms with van der Waals surface area (Å²) in [6.45, 7) is 5.74. The summed E-state index contributed by atoms with van der Waals surface area (Å²) >= 11 is 0. The first-order valence-electron chi connectivity index (χ1n) is 11.0. The summed E-state index contributed by atoms with van der Waals surface area (Å²) < 4.78 is 13.3. The largest absolute Gasteiger partial charge is 0.496 e. The van der Waals surface area contributed by atoms with Gasteiger partial charge in [0.05, 0.1) is 23.8 Å². The van der Waals surface area contributed by atoms with Crippen molar-refractivity contribution in [1.29, 1.82) is 0 Å². The summed E-state index contributed by atoms with van der Waals surface area (Å²) in [4.78, 5) is 16.4. The van der Waals surface area contributed by atoms with E-state index in [1.807, 2.05) is 62.1 Å². The molecule has 8 nitrogen and oxygen atoms in total. The van der Waals surface area contributed by atoms with E-state index >= 15 is 0 Å². The van der Waals surface area contributed by atoms with E-state index in [-0.39, 0.29) is 0 Å². The zero-order valence-corrected chi connectivity index (χ0v) is 19.3. The Labute approximate surface area is 195 Å². The maximum Gasteiger partial charge on any atom is 0.247 e. The zero-order valence-electron chi connectivity index (χ0n) is 19.3. The lowest BCUT2D eigenvalue weighted by Crippen LogP contribution is -2.26. The number of benzene rings is 2. The lowest BCUT2D eigenvalue weighted by molar-refractivity contribution is -0.593. The quantitative estimate of drug-likeness (QED) is 0.369. The van der Waals surface area contributed by atoms with Gasteiger partial charge in [0, 0.05) is 16.5 Å². The molecule has 0 saturated carbocycles. The van der Waals surface area contributed by atoms with Crippen LogP contribution in [0, 0.1) is 20.8 Å². The standard InChI is InChI=1S/C26H22N6O2/c1-14-23(15(2)34-31-14)19-10-20-18(11-22(19)33-4)24-25(28-16(3)29-26(24)30-20)21-12-32(13-27-21)17-8-6-5-7-9-17/h5-13H,1-4H3,(H,28,29,30)/p+1. The van der Waals surface area contributed by atoms with Gasteiger partial charge in [-0.2, -0.15) is 0 Å². The second-order valence-electron chi connectivity index (χ2n) is 8.32. The van der Waals surface area contributed by atoms with Gasteiger partial charge in [0.15, 0.2) is 5.69 Å². The Morgan fingerprint density at radius 3 is 2.59 bits per heavy atom. The van der Waals surface area contributed by atoms with Crippen LogP contribution in [0.3, 0.4) is 0 Å². The van der Waals surface area contributed by atoms with Crippen LogP contribution in [0.4, 0.5) is 0 Å². The monoisotopic (exact) mass is 451 g/mol. The average Bonchev–Trinajstić information content (AvgIpc) is 3.55. The third kappa shape index (κ3) is 3.07. The molecular weight excluding hydrogens is 428 g/mol. The van der Waals surface area contributed by atoms with Gasteiger partial charge in [-0.3, -0.25) is 0 Å². The molecular formula is C26H23N6O2+. The molecule has 0 saturated heterocycles. The Balaban J connectivity index is 1.60. The van der Waals surface area contributed by atoms with E-state index in [2.05, 4.69) is 38.3 Å². The smallest absolute Gasteiger partial charge is 0.247 e. The van der Waals surface area contributed by atoms with E-state index in [9.17, 15) is 0 Å². The van der Waals surface area contributed by atoms with Crippen molar-refractivity contribution in [2.24, 2.45) is 0 Å². The molecule has 6 rings (SSSR count). The molecule has 0 amide bonds. The topological polar surface area (TPSA) is 96.5 Å². The minimum atomic E-state index is 0.688. The lowest BCUT2D eigenvalue weighted by Gasteiger charge is -2.09. The first-order valence-corrected chi connectivity index (χ1v) is 11.0. The summed E-state index contributed by atoms with van der Waals surface area (Å²) in [6.07, 6.45) is 3.98. The van der Waals surface area contributed by atoms with Crippen LogP contribution in [0.2, 0.25) is 0 Å². The van der Waals surface area contributed by atoms with E-state index < -0.39 is 0 Å². The van der Waals surface area contributed by atoms with Crippen LogP contribution >= 0.6 is 0 Å². The molecule has 0 spiro atoms. The predicted octanol–water partition coefficient (Wildman–Crippen LogP) is 4.97. The highest BCUT2D eigenvalue weighted by molar-refractivity contribution is 6.13. The Morgan fingerprint density at radius 2 is 1.85 bits per heavy atom. The number of nitrogens with one attached hydrogen (secondary N) is 2. The molecule has 4 aromatic heterocycles. The summed E-state index contributed by atoms with van der Waals surface area (Å²) in [5.74, 6) is 2.17. The molecule has 4 heterocycles. The van der Waals surface area contributed by atoms with Crippen molar-refractivity contribution in [2.75, 3.05) is 7.11 Å². The van der Waals surface area contributed by atoms with Crippen LogP contribution in [0.5, 0.6) is 5.75 Å². The minimum absolute atomic E-state index is 0.688. The van der Waals surface area contributed by atoms with Gasteiger partial charge in [-0.15, -0.1) is 0 Å². The lowest BCUT2D eigenvalue weighted by atomic mass is 10.0. The minimum Gasteiger partial charge on any atom is -0.496 e. The number of nitrogens with zero attached hydrogens (tertiary/aromatic N) is 4. The number of hydrogen-bond donors (Lipinski definition) is 2. The van der Waals surface area contributed by atoms with Crippen LogP contribution in [0.15, 0.2) is 59.5 Å². The van der Waals surface area contributed by atoms with Gasteiger partial charge in [0.2, 0.25) is 6.33 Å². The highest BCUT2D eigenvalue weighted by Crippen LogP contribution is 2.40. The molecule has 34 heavy (non-hydrogen) atoms. The third-order valence-corrected chi connectivity index (χ3v) is 6.12. The molecule has 2 N–H and O–H groups in total. The van der Waals surface area contributed by atoms with E-state index in [0.29, 0.717) is 5.82 Å². The Kier molecular flexibility index (Phi) is 4.48. The molecule has 0 atom stereocenters. The number of ether oxygens (including phenoxy) is 1. The average molecular weight is 452 g/mol. The number of aromatic amines is 2. The third-order valence-electron chi connectivity index (χ3n) is 6.12. The Morgan fingerprint density at radius 1 is 1.03 bits per heavy atom. The van der Waals surface area contributed by atoms with Gasteiger partial charge in [0.1, 0.15) is 40.6 Å². The first-order chi connectivity index (χ1) is 16.5. The summed E-state index contributed by atoms with van der Waals surface area (Å²) in [6, 6.07) is 14.3. The van der Waals surface area contributed by atoms with E-state index in [1.165, 1.54) is 0 Å². The SMILES string of the molecule is COc1cc2c(cc1-c1c(C)noc1C)[nH]c1nc(C)nc(-c3c[n+](-c4ccccc4)c[nH]3)c12. The van der Waals surface area contributed by atoms with E-state index in [0.717, 1.165) is 67.3 Å². The number of para-hydroxylation sites is 1. The number of H-pyrrole nitrogens is 2. The van der Waals surface area contributed by atoms with Crippen LogP contribution < -0.4 is 9.30 Å². The van der Waals surface area contributed by atoms with Crippen LogP contribution in [0.25, 0.3) is 50.1 Å². The number of aryl methyl sites for hydroxylation is 3. The van der Waals surface area contributed by atoms with E-state index in [4.69, 9.17) is 14.2 Å². The molecule has 2 aromatic carbocycles.